The third kappa shape index (κ3) is 4.80. The van der Waals surface area contributed by atoms with Gasteiger partial charge in [0.05, 0.1) is 0 Å². The highest BCUT2D eigenvalue weighted by Gasteiger charge is 2.12. The van der Waals surface area contributed by atoms with E-state index in [0.717, 1.165) is 28.0 Å². The zero-order chi connectivity index (χ0) is 12.7. The highest BCUT2D eigenvalue weighted by molar-refractivity contribution is 9.10. The SMILES string of the molecule is C/C=C/CCNC(CN)c1ccc(Br)cc1Cl. The van der Waals surface area contributed by atoms with Crippen molar-refractivity contribution in [1.82, 2.24) is 5.32 Å². The fraction of sp³-hybridized carbons (Fsp3) is 0.385. The molecular formula is C13H18BrClN2. The van der Waals surface area contributed by atoms with E-state index in [1.807, 2.05) is 31.2 Å². The smallest absolute Gasteiger partial charge is 0.0465 e. The molecule has 4 heteroatoms. The minimum atomic E-state index is 0.112. The molecule has 0 spiro atoms. The lowest BCUT2D eigenvalue weighted by Gasteiger charge is -2.18. The molecule has 2 nitrogen and oxygen atoms in total. The van der Waals surface area contributed by atoms with Gasteiger partial charge in [0.1, 0.15) is 0 Å². The Kier molecular flexibility index (Phi) is 6.82. The number of nitrogens with two attached hydrogens (primary N) is 1. The van der Waals surface area contributed by atoms with E-state index in [-0.39, 0.29) is 6.04 Å². The summed E-state index contributed by atoms with van der Waals surface area (Å²) in [6.07, 6.45) is 5.18. The van der Waals surface area contributed by atoms with Crippen LogP contribution in [0.15, 0.2) is 34.8 Å². The first-order chi connectivity index (χ1) is 8.19. The standard InChI is InChI=1S/C13H18BrClN2/c1-2-3-4-7-17-13(9-16)11-6-5-10(14)8-12(11)15/h2-3,5-6,8,13,17H,4,7,9,16H2,1H3/b3-2+. The van der Waals surface area contributed by atoms with Crippen molar-refractivity contribution in [3.8, 4) is 0 Å². The Bertz CT molecular complexity index is 380. The van der Waals surface area contributed by atoms with Crippen LogP contribution in [0.25, 0.3) is 0 Å². The van der Waals surface area contributed by atoms with Crippen LogP contribution >= 0.6 is 27.5 Å². The Morgan fingerprint density at radius 1 is 1.53 bits per heavy atom. The molecule has 0 heterocycles. The highest BCUT2D eigenvalue weighted by atomic mass is 79.9. The monoisotopic (exact) mass is 316 g/mol. The van der Waals surface area contributed by atoms with E-state index < -0.39 is 0 Å². The second-order valence-electron chi connectivity index (χ2n) is 3.77. The molecule has 17 heavy (non-hydrogen) atoms. The lowest BCUT2D eigenvalue weighted by atomic mass is 10.1. The number of hydrogen-bond donors (Lipinski definition) is 2. The molecule has 1 atom stereocenters. The average molecular weight is 318 g/mol. The van der Waals surface area contributed by atoms with Gasteiger partial charge in [0, 0.05) is 22.1 Å². The number of halogens is 2. The summed E-state index contributed by atoms with van der Waals surface area (Å²) in [5, 5.41) is 4.15. The van der Waals surface area contributed by atoms with Crippen molar-refractivity contribution in [2.75, 3.05) is 13.1 Å². The first-order valence-corrected chi connectivity index (χ1v) is 6.85. The maximum atomic E-state index is 6.20. The first-order valence-electron chi connectivity index (χ1n) is 5.68. The van der Waals surface area contributed by atoms with E-state index >= 15 is 0 Å². The lowest BCUT2D eigenvalue weighted by Crippen LogP contribution is -2.29. The van der Waals surface area contributed by atoms with Crippen LogP contribution < -0.4 is 11.1 Å². The van der Waals surface area contributed by atoms with E-state index in [1.165, 1.54) is 0 Å². The summed E-state index contributed by atoms with van der Waals surface area (Å²) in [5.74, 6) is 0. The van der Waals surface area contributed by atoms with Gasteiger partial charge in [-0.15, -0.1) is 0 Å². The van der Waals surface area contributed by atoms with Crippen molar-refractivity contribution in [2.24, 2.45) is 5.73 Å². The molecule has 0 radical (unpaired) electrons. The van der Waals surface area contributed by atoms with Crippen LogP contribution in [-0.2, 0) is 0 Å². The Hall–Kier alpha value is -0.350. The van der Waals surface area contributed by atoms with Crippen molar-refractivity contribution < 1.29 is 0 Å². The van der Waals surface area contributed by atoms with E-state index in [4.69, 9.17) is 17.3 Å². The van der Waals surface area contributed by atoms with Gasteiger partial charge in [0.25, 0.3) is 0 Å². The van der Waals surface area contributed by atoms with Crippen molar-refractivity contribution in [1.29, 1.82) is 0 Å². The third-order valence-electron chi connectivity index (χ3n) is 2.51. The van der Waals surface area contributed by atoms with Gasteiger partial charge in [-0.3, -0.25) is 0 Å². The molecule has 94 valence electrons. The van der Waals surface area contributed by atoms with Crippen LogP contribution in [0, 0.1) is 0 Å². The van der Waals surface area contributed by atoms with Gasteiger partial charge in [-0.25, -0.2) is 0 Å². The Morgan fingerprint density at radius 2 is 2.29 bits per heavy atom. The molecule has 3 N–H and O–H groups in total. The largest absolute Gasteiger partial charge is 0.329 e. The number of rotatable bonds is 6. The molecule has 0 bridgehead atoms. The Balaban J connectivity index is 2.65. The van der Waals surface area contributed by atoms with E-state index in [2.05, 4.69) is 27.3 Å². The molecule has 0 amide bonds. The number of nitrogens with one attached hydrogen (secondary N) is 1. The predicted molar refractivity (Wildman–Crippen MR) is 78.4 cm³/mol. The molecule has 0 saturated heterocycles. The van der Waals surface area contributed by atoms with Crippen LogP contribution in [0.4, 0.5) is 0 Å². The van der Waals surface area contributed by atoms with Gasteiger partial charge < -0.3 is 11.1 Å². The highest BCUT2D eigenvalue weighted by Crippen LogP contribution is 2.26. The quantitative estimate of drug-likeness (QED) is 0.621. The maximum absolute atomic E-state index is 6.20. The normalized spacial score (nSPS) is 13.2. The molecule has 0 aliphatic heterocycles. The molecule has 1 unspecified atom stereocenters. The van der Waals surface area contributed by atoms with E-state index in [1.54, 1.807) is 0 Å². The summed E-state index contributed by atoms with van der Waals surface area (Å²) >= 11 is 9.60. The van der Waals surface area contributed by atoms with Crippen LogP contribution in [0.3, 0.4) is 0 Å². The summed E-state index contributed by atoms with van der Waals surface area (Å²) < 4.78 is 0.982. The van der Waals surface area contributed by atoms with E-state index in [0.29, 0.717) is 6.54 Å². The molecule has 1 aromatic rings. The predicted octanol–water partition coefficient (Wildman–Crippen LogP) is 3.66. The van der Waals surface area contributed by atoms with Gasteiger partial charge in [-0.2, -0.15) is 0 Å². The van der Waals surface area contributed by atoms with Gasteiger partial charge in [0.2, 0.25) is 0 Å². The molecule has 1 rings (SSSR count). The molecule has 0 aliphatic carbocycles. The summed E-state index contributed by atoms with van der Waals surface area (Å²) in [7, 11) is 0. The molecule has 0 saturated carbocycles. The minimum Gasteiger partial charge on any atom is -0.329 e. The minimum absolute atomic E-state index is 0.112. The zero-order valence-corrected chi connectivity index (χ0v) is 12.3. The number of allylic oxidation sites excluding steroid dienone is 1. The molecule has 0 aromatic heterocycles. The van der Waals surface area contributed by atoms with Crippen LogP contribution in [0.2, 0.25) is 5.02 Å². The summed E-state index contributed by atoms with van der Waals surface area (Å²) in [6, 6.07) is 6.00. The van der Waals surface area contributed by atoms with Crippen molar-refractivity contribution >= 4 is 27.5 Å². The van der Waals surface area contributed by atoms with Gasteiger partial charge in [0.15, 0.2) is 0 Å². The number of benzene rings is 1. The second kappa shape index (κ2) is 7.88. The molecule has 1 aromatic carbocycles. The second-order valence-corrected chi connectivity index (χ2v) is 5.09. The van der Waals surface area contributed by atoms with Crippen LogP contribution in [-0.4, -0.2) is 13.1 Å². The Morgan fingerprint density at radius 3 is 2.88 bits per heavy atom. The van der Waals surface area contributed by atoms with Gasteiger partial charge >= 0.3 is 0 Å². The van der Waals surface area contributed by atoms with Crippen LogP contribution in [0.1, 0.15) is 24.9 Å². The molecule has 0 fully saturated rings. The number of hydrogen-bond acceptors (Lipinski definition) is 2. The van der Waals surface area contributed by atoms with Crippen LogP contribution in [0.5, 0.6) is 0 Å². The van der Waals surface area contributed by atoms with E-state index in [9.17, 15) is 0 Å². The zero-order valence-electron chi connectivity index (χ0n) is 9.92. The summed E-state index contributed by atoms with van der Waals surface area (Å²) in [5.41, 5.74) is 6.83. The topological polar surface area (TPSA) is 38.0 Å². The molecular weight excluding hydrogens is 300 g/mol. The Labute approximate surface area is 116 Å². The van der Waals surface area contributed by atoms with Crippen molar-refractivity contribution in [2.45, 2.75) is 19.4 Å². The summed E-state index contributed by atoms with van der Waals surface area (Å²) in [4.78, 5) is 0. The van der Waals surface area contributed by atoms with Crippen molar-refractivity contribution in [3.05, 3.63) is 45.4 Å². The van der Waals surface area contributed by atoms with Gasteiger partial charge in [-0.05, 0) is 37.6 Å². The fourth-order valence-electron chi connectivity index (χ4n) is 1.61. The fourth-order valence-corrected chi connectivity index (χ4v) is 2.42. The molecule has 0 aliphatic rings. The first kappa shape index (κ1) is 14.7. The third-order valence-corrected chi connectivity index (χ3v) is 3.33. The lowest BCUT2D eigenvalue weighted by molar-refractivity contribution is 0.548. The average Bonchev–Trinajstić information content (AvgIpc) is 2.31. The summed E-state index contributed by atoms with van der Waals surface area (Å²) in [6.45, 7) is 3.46. The van der Waals surface area contributed by atoms with Crippen molar-refractivity contribution in [3.63, 3.8) is 0 Å². The van der Waals surface area contributed by atoms with Gasteiger partial charge in [-0.1, -0.05) is 45.7 Å². The maximum Gasteiger partial charge on any atom is 0.0465 e.